The van der Waals surface area contributed by atoms with Crippen molar-refractivity contribution in [2.45, 2.75) is 26.1 Å². The number of anilines is 1. The van der Waals surface area contributed by atoms with Gasteiger partial charge >= 0.3 is 0 Å². The van der Waals surface area contributed by atoms with E-state index in [1.165, 1.54) is 12.5 Å². The van der Waals surface area contributed by atoms with E-state index in [4.69, 9.17) is 9.72 Å². The summed E-state index contributed by atoms with van der Waals surface area (Å²) in [6.07, 6.45) is -0.752. The molecule has 0 amide bonds. The summed E-state index contributed by atoms with van der Waals surface area (Å²) in [6.45, 7) is 2.66. The Morgan fingerprint density at radius 3 is 2.59 bits per heavy atom. The molecule has 3 aromatic carbocycles. The van der Waals surface area contributed by atoms with Gasteiger partial charge in [0.25, 0.3) is 0 Å². The van der Waals surface area contributed by atoms with Crippen molar-refractivity contribution >= 4 is 22.8 Å². The molecule has 0 aliphatic carbocycles. The second kappa shape index (κ2) is 9.66. The Bertz CT molecular complexity index is 1200. The molecule has 0 spiro atoms. The van der Waals surface area contributed by atoms with E-state index in [1.807, 2.05) is 54.1 Å². The predicted octanol–water partition coefficient (Wildman–Crippen LogP) is 4.32. The molecule has 4 aromatic rings. The maximum atomic E-state index is 11.6. The van der Waals surface area contributed by atoms with Crippen LogP contribution in [0.25, 0.3) is 11.0 Å². The van der Waals surface area contributed by atoms with Crippen LogP contribution >= 0.6 is 0 Å². The van der Waals surface area contributed by atoms with Gasteiger partial charge in [0, 0.05) is 19.2 Å². The van der Waals surface area contributed by atoms with Crippen LogP contribution in [-0.2, 0) is 13.1 Å². The predicted molar refractivity (Wildman–Crippen MR) is 126 cm³/mol. The highest BCUT2D eigenvalue weighted by Crippen LogP contribution is 2.24. The maximum absolute atomic E-state index is 11.6. The summed E-state index contributed by atoms with van der Waals surface area (Å²) in [5.41, 5.74) is 3.61. The summed E-state index contributed by atoms with van der Waals surface area (Å²) in [7, 11) is 2.00. The second-order valence-corrected chi connectivity index (χ2v) is 7.90. The lowest BCUT2D eigenvalue weighted by Gasteiger charge is -2.22. The van der Waals surface area contributed by atoms with Crippen LogP contribution in [0.15, 0.2) is 78.9 Å². The van der Waals surface area contributed by atoms with Crippen LogP contribution in [0.1, 0.15) is 22.8 Å². The van der Waals surface area contributed by atoms with Gasteiger partial charge in [0.1, 0.15) is 18.5 Å². The van der Waals surface area contributed by atoms with Crippen molar-refractivity contribution in [3.63, 3.8) is 0 Å². The van der Waals surface area contributed by atoms with E-state index in [0.29, 0.717) is 24.4 Å². The van der Waals surface area contributed by atoms with Crippen molar-refractivity contribution in [3.8, 4) is 5.75 Å². The highest BCUT2D eigenvalue weighted by Gasteiger charge is 2.18. The van der Waals surface area contributed by atoms with E-state index in [2.05, 4.69) is 17.0 Å². The highest BCUT2D eigenvalue weighted by atomic mass is 16.5. The maximum Gasteiger partial charge on any atom is 0.206 e. The van der Waals surface area contributed by atoms with E-state index in [0.717, 1.165) is 17.0 Å². The van der Waals surface area contributed by atoms with Crippen molar-refractivity contribution in [1.29, 1.82) is 0 Å². The number of fused-ring (bicyclic) bond motifs is 1. The number of para-hydroxylation sites is 2. The van der Waals surface area contributed by atoms with Gasteiger partial charge in [-0.05, 0) is 36.8 Å². The number of Topliss-reactive ketones (excluding diaryl/α,β-unsaturated/α-hetero) is 1. The van der Waals surface area contributed by atoms with E-state index in [1.54, 1.807) is 24.3 Å². The third-order valence-electron chi connectivity index (χ3n) is 5.31. The normalized spacial score (nSPS) is 12.0. The monoisotopic (exact) mass is 429 g/mol. The first kappa shape index (κ1) is 21.6. The average Bonchev–Trinajstić information content (AvgIpc) is 3.17. The van der Waals surface area contributed by atoms with Gasteiger partial charge in [0.15, 0.2) is 5.78 Å². The molecule has 1 atom stereocenters. The van der Waals surface area contributed by atoms with E-state index >= 15 is 0 Å². The van der Waals surface area contributed by atoms with Crippen molar-refractivity contribution in [2.24, 2.45) is 0 Å². The molecular weight excluding hydrogens is 402 g/mol. The van der Waals surface area contributed by atoms with Crippen molar-refractivity contribution in [1.82, 2.24) is 9.55 Å². The molecule has 32 heavy (non-hydrogen) atoms. The molecule has 0 fully saturated rings. The van der Waals surface area contributed by atoms with Crippen molar-refractivity contribution in [3.05, 3.63) is 90.0 Å². The van der Waals surface area contributed by atoms with Crippen LogP contribution in [-0.4, -0.2) is 40.2 Å². The summed E-state index contributed by atoms with van der Waals surface area (Å²) in [5, 5.41) is 10.8. The zero-order valence-electron chi connectivity index (χ0n) is 18.3. The topological polar surface area (TPSA) is 67.6 Å². The van der Waals surface area contributed by atoms with Gasteiger partial charge in [-0.15, -0.1) is 0 Å². The van der Waals surface area contributed by atoms with Gasteiger partial charge in [0.2, 0.25) is 5.95 Å². The fourth-order valence-electron chi connectivity index (χ4n) is 3.72. The van der Waals surface area contributed by atoms with Crippen LogP contribution in [0.2, 0.25) is 0 Å². The molecule has 164 valence electrons. The minimum Gasteiger partial charge on any atom is -0.491 e. The average molecular weight is 430 g/mol. The van der Waals surface area contributed by atoms with Gasteiger partial charge in [-0.25, -0.2) is 4.98 Å². The van der Waals surface area contributed by atoms with E-state index in [-0.39, 0.29) is 12.4 Å². The molecule has 0 saturated carbocycles. The molecule has 6 heteroatoms. The number of aliphatic hydroxyl groups excluding tert-OH is 1. The molecule has 0 bridgehead atoms. The lowest BCUT2D eigenvalue weighted by atomic mass is 10.1. The highest BCUT2D eigenvalue weighted by molar-refractivity contribution is 5.94. The first-order valence-electron chi connectivity index (χ1n) is 10.6. The molecule has 0 aliphatic rings. The molecule has 0 radical (unpaired) electrons. The third kappa shape index (κ3) is 4.98. The fourth-order valence-corrected chi connectivity index (χ4v) is 3.72. The Balaban J connectivity index is 1.52. The SMILES string of the molecule is CC(=O)c1cccc(OC[C@@H](O)Cn2c(N(C)Cc3ccccc3)nc3ccccc32)c1. The summed E-state index contributed by atoms with van der Waals surface area (Å²) in [6, 6.07) is 25.1. The van der Waals surface area contributed by atoms with Crippen molar-refractivity contribution < 1.29 is 14.6 Å². The van der Waals surface area contributed by atoms with Crippen LogP contribution in [0.5, 0.6) is 5.75 Å². The molecule has 0 saturated heterocycles. The smallest absolute Gasteiger partial charge is 0.206 e. The third-order valence-corrected chi connectivity index (χ3v) is 5.31. The largest absolute Gasteiger partial charge is 0.491 e. The number of ketones is 1. The van der Waals surface area contributed by atoms with E-state index < -0.39 is 6.10 Å². The van der Waals surface area contributed by atoms with Gasteiger partial charge in [-0.3, -0.25) is 4.79 Å². The minimum atomic E-state index is -0.752. The molecule has 0 aliphatic heterocycles. The molecule has 4 rings (SSSR count). The fraction of sp³-hybridized carbons (Fsp3) is 0.231. The number of ether oxygens (including phenoxy) is 1. The standard InChI is InChI=1S/C26H27N3O3/c1-19(30)21-11-8-12-23(15-21)32-18-22(31)17-29-25-14-7-6-13-24(25)27-26(29)28(2)16-20-9-4-3-5-10-20/h3-15,22,31H,16-18H2,1-2H3/t22-/m0/s1. The second-order valence-electron chi connectivity index (χ2n) is 7.90. The van der Waals surface area contributed by atoms with Gasteiger partial charge in [-0.2, -0.15) is 0 Å². The van der Waals surface area contributed by atoms with Crippen LogP contribution in [0.3, 0.4) is 0 Å². The van der Waals surface area contributed by atoms with Crippen LogP contribution < -0.4 is 9.64 Å². The lowest BCUT2D eigenvalue weighted by molar-refractivity contribution is 0.0935. The van der Waals surface area contributed by atoms with Gasteiger partial charge in [-0.1, -0.05) is 54.6 Å². The van der Waals surface area contributed by atoms with Crippen LogP contribution in [0, 0.1) is 0 Å². The molecule has 1 N–H and O–H groups in total. The molecule has 1 heterocycles. The number of benzene rings is 3. The zero-order valence-corrected chi connectivity index (χ0v) is 18.3. The lowest BCUT2D eigenvalue weighted by Crippen LogP contribution is -2.27. The Labute approximate surface area is 187 Å². The molecular formula is C26H27N3O3. The number of hydrogen-bond donors (Lipinski definition) is 1. The number of imidazole rings is 1. The number of carbonyl (C=O) groups is 1. The number of nitrogens with zero attached hydrogens (tertiary/aromatic N) is 3. The first-order valence-corrected chi connectivity index (χ1v) is 10.6. The summed E-state index contributed by atoms with van der Waals surface area (Å²) < 4.78 is 7.79. The Morgan fingerprint density at radius 2 is 1.81 bits per heavy atom. The molecule has 0 unspecified atom stereocenters. The Kier molecular flexibility index (Phi) is 6.52. The molecule has 1 aromatic heterocycles. The number of aromatic nitrogens is 2. The zero-order chi connectivity index (χ0) is 22.5. The quantitative estimate of drug-likeness (QED) is 0.402. The summed E-state index contributed by atoms with van der Waals surface area (Å²) >= 11 is 0. The number of hydrogen-bond acceptors (Lipinski definition) is 5. The Hall–Kier alpha value is -3.64. The number of aliphatic hydroxyl groups is 1. The van der Waals surface area contributed by atoms with E-state index in [9.17, 15) is 9.90 Å². The van der Waals surface area contributed by atoms with Crippen molar-refractivity contribution in [2.75, 3.05) is 18.6 Å². The van der Waals surface area contributed by atoms with Gasteiger partial charge in [0.05, 0.1) is 17.6 Å². The summed E-state index contributed by atoms with van der Waals surface area (Å²) in [5.74, 6) is 1.33. The minimum absolute atomic E-state index is 0.0213. The first-order chi connectivity index (χ1) is 15.5. The number of rotatable bonds is 9. The number of carbonyl (C=O) groups excluding carboxylic acids is 1. The molecule has 6 nitrogen and oxygen atoms in total. The van der Waals surface area contributed by atoms with Crippen LogP contribution in [0.4, 0.5) is 5.95 Å². The Morgan fingerprint density at radius 1 is 1.06 bits per heavy atom. The van der Waals surface area contributed by atoms with Gasteiger partial charge < -0.3 is 19.3 Å². The summed E-state index contributed by atoms with van der Waals surface area (Å²) in [4.78, 5) is 18.5.